The van der Waals surface area contributed by atoms with Crippen LogP contribution in [0.15, 0.2) is 54.7 Å². The number of aromatic nitrogens is 2. The van der Waals surface area contributed by atoms with Gasteiger partial charge < -0.3 is 19.5 Å². The third-order valence-electron chi connectivity index (χ3n) is 10.3. The van der Waals surface area contributed by atoms with Crippen molar-refractivity contribution in [1.82, 2.24) is 9.97 Å². The van der Waals surface area contributed by atoms with Gasteiger partial charge in [-0.15, -0.1) is 0 Å². The highest BCUT2D eigenvalue weighted by atomic mass is 16.5. The SMILES string of the molecule is COc1ccc(C(=O)C2(c3cccc(C)n3)CCCC2)c(N2CCC(COc3cc([C@H](C4CC4)[C@H](C)C(=O)O)ccn3)CC2)c1. The fourth-order valence-corrected chi connectivity index (χ4v) is 7.57. The highest BCUT2D eigenvalue weighted by Crippen LogP contribution is 2.47. The molecule has 6 rings (SSSR count). The molecule has 0 unspecified atom stereocenters. The summed E-state index contributed by atoms with van der Waals surface area (Å²) in [4.78, 5) is 37.9. The van der Waals surface area contributed by atoms with Crippen LogP contribution in [-0.2, 0) is 10.2 Å². The summed E-state index contributed by atoms with van der Waals surface area (Å²) < 4.78 is 11.8. The zero-order valence-corrected chi connectivity index (χ0v) is 26.7. The van der Waals surface area contributed by atoms with E-state index in [0.717, 1.165) is 98.4 Å². The number of methoxy groups -OCH3 is 1. The van der Waals surface area contributed by atoms with E-state index in [-0.39, 0.29) is 11.7 Å². The first-order valence-electron chi connectivity index (χ1n) is 16.5. The van der Waals surface area contributed by atoms with Crippen molar-refractivity contribution in [1.29, 1.82) is 0 Å². The van der Waals surface area contributed by atoms with E-state index >= 15 is 0 Å². The third-order valence-corrected chi connectivity index (χ3v) is 10.3. The van der Waals surface area contributed by atoms with Crippen LogP contribution in [0.3, 0.4) is 0 Å². The first-order valence-corrected chi connectivity index (χ1v) is 16.5. The maximum Gasteiger partial charge on any atom is 0.306 e. The van der Waals surface area contributed by atoms with Crippen molar-refractivity contribution in [3.05, 3.63) is 77.2 Å². The maximum absolute atomic E-state index is 14.5. The van der Waals surface area contributed by atoms with Crippen molar-refractivity contribution in [3.8, 4) is 11.6 Å². The Hall–Kier alpha value is -3.94. The number of anilines is 1. The van der Waals surface area contributed by atoms with Crippen molar-refractivity contribution >= 4 is 17.4 Å². The molecule has 238 valence electrons. The molecule has 2 aromatic heterocycles. The number of benzene rings is 1. The molecular formula is C37H45N3O5. The topological polar surface area (TPSA) is 102 Å². The fourth-order valence-electron chi connectivity index (χ4n) is 7.57. The number of aliphatic carboxylic acids is 1. The smallest absolute Gasteiger partial charge is 0.306 e. The van der Waals surface area contributed by atoms with Gasteiger partial charge in [0, 0.05) is 42.7 Å². The number of Topliss-reactive ketones (excluding diaryl/α,β-unsaturated/α-hetero) is 1. The van der Waals surface area contributed by atoms with Crippen LogP contribution in [0, 0.1) is 24.7 Å². The molecule has 3 heterocycles. The standard InChI is InChI=1S/C37H45N3O5/c1-24-7-6-8-32(39-24)37(16-4-5-17-37)35(41)30-12-11-29(44-3)22-31(30)40-19-14-26(15-20-40)23-45-33-21-28(13-18-38-33)34(27-9-10-27)25(2)36(42)43/h6-8,11-13,18,21-22,25-27,34H,4-5,9-10,14-17,19-20,23H2,1-3H3,(H,42,43)/t25-,34-/m0/s1. The van der Waals surface area contributed by atoms with Gasteiger partial charge in [-0.05, 0) is 99.1 Å². The zero-order valence-electron chi connectivity index (χ0n) is 26.7. The van der Waals surface area contributed by atoms with Gasteiger partial charge in [0.05, 0.1) is 36.4 Å². The number of hydrogen-bond acceptors (Lipinski definition) is 7. The largest absolute Gasteiger partial charge is 0.497 e. The Morgan fingerprint density at radius 2 is 1.80 bits per heavy atom. The average Bonchev–Trinajstić information content (AvgIpc) is 3.76. The number of nitrogens with zero attached hydrogens (tertiary/aromatic N) is 3. The van der Waals surface area contributed by atoms with E-state index in [9.17, 15) is 14.7 Å². The van der Waals surface area contributed by atoms with E-state index < -0.39 is 17.3 Å². The number of carbonyl (C=O) groups is 2. The van der Waals surface area contributed by atoms with E-state index in [1.54, 1.807) is 20.2 Å². The molecule has 8 heteroatoms. The molecule has 0 bridgehead atoms. The first kappa shape index (κ1) is 31.1. The third kappa shape index (κ3) is 6.56. The monoisotopic (exact) mass is 611 g/mol. The van der Waals surface area contributed by atoms with E-state index in [2.05, 4.69) is 9.88 Å². The first-order chi connectivity index (χ1) is 21.8. The Kier molecular flexibility index (Phi) is 9.11. The van der Waals surface area contributed by atoms with Crippen LogP contribution in [0.5, 0.6) is 11.6 Å². The molecule has 0 spiro atoms. The Balaban J connectivity index is 1.14. The van der Waals surface area contributed by atoms with Gasteiger partial charge in [-0.25, -0.2) is 4.98 Å². The van der Waals surface area contributed by atoms with Gasteiger partial charge in [0.15, 0.2) is 5.78 Å². The molecule has 0 amide bonds. The maximum atomic E-state index is 14.5. The number of rotatable bonds is 12. The molecule has 3 fully saturated rings. The summed E-state index contributed by atoms with van der Waals surface area (Å²) in [6, 6.07) is 15.8. The second-order valence-corrected chi connectivity index (χ2v) is 13.3. The molecule has 1 saturated heterocycles. The molecule has 2 atom stereocenters. The van der Waals surface area contributed by atoms with Crippen LogP contribution < -0.4 is 14.4 Å². The van der Waals surface area contributed by atoms with Crippen LogP contribution in [0.4, 0.5) is 5.69 Å². The minimum Gasteiger partial charge on any atom is -0.497 e. The molecule has 3 aliphatic rings. The summed E-state index contributed by atoms with van der Waals surface area (Å²) in [5, 5.41) is 9.66. The van der Waals surface area contributed by atoms with Crippen molar-refractivity contribution in [3.63, 3.8) is 0 Å². The average molecular weight is 612 g/mol. The number of carboxylic acids is 1. The highest BCUT2D eigenvalue weighted by Gasteiger charge is 2.45. The zero-order chi connectivity index (χ0) is 31.6. The Morgan fingerprint density at radius 1 is 1.04 bits per heavy atom. The van der Waals surface area contributed by atoms with Crippen LogP contribution >= 0.6 is 0 Å². The van der Waals surface area contributed by atoms with Crippen molar-refractivity contribution in [2.24, 2.45) is 17.8 Å². The van der Waals surface area contributed by atoms with Gasteiger partial charge in [-0.1, -0.05) is 25.8 Å². The van der Waals surface area contributed by atoms with Crippen molar-refractivity contribution in [2.75, 3.05) is 31.7 Å². The Bertz CT molecular complexity index is 1520. The lowest BCUT2D eigenvalue weighted by atomic mass is 9.75. The lowest BCUT2D eigenvalue weighted by Gasteiger charge is -2.36. The number of pyridine rings is 2. The highest BCUT2D eigenvalue weighted by molar-refractivity contribution is 6.08. The van der Waals surface area contributed by atoms with E-state index in [4.69, 9.17) is 14.5 Å². The molecule has 0 radical (unpaired) electrons. The molecule has 2 saturated carbocycles. The van der Waals surface area contributed by atoms with Crippen LogP contribution in [-0.4, -0.2) is 53.6 Å². The Morgan fingerprint density at radius 3 is 2.47 bits per heavy atom. The summed E-state index contributed by atoms with van der Waals surface area (Å²) in [5.41, 5.74) is 3.92. The number of ketones is 1. The molecule has 3 aromatic rings. The molecule has 1 aromatic carbocycles. The molecule has 1 N–H and O–H groups in total. The summed E-state index contributed by atoms with van der Waals surface area (Å²) in [5.74, 6) is 1.02. The van der Waals surface area contributed by atoms with E-state index in [0.29, 0.717) is 24.3 Å². The van der Waals surface area contributed by atoms with Gasteiger partial charge >= 0.3 is 5.97 Å². The summed E-state index contributed by atoms with van der Waals surface area (Å²) in [6.07, 6.45) is 9.42. The molecule has 45 heavy (non-hydrogen) atoms. The van der Waals surface area contributed by atoms with Crippen LogP contribution in [0.25, 0.3) is 0 Å². The van der Waals surface area contributed by atoms with Crippen LogP contribution in [0.2, 0.25) is 0 Å². The number of aryl methyl sites for hydroxylation is 1. The Labute approximate surface area is 266 Å². The van der Waals surface area contributed by atoms with E-state index in [1.165, 1.54) is 0 Å². The molecule has 1 aliphatic heterocycles. The lowest BCUT2D eigenvalue weighted by molar-refractivity contribution is -0.142. The second kappa shape index (κ2) is 13.2. The molecule has 2 aliphatic carbocycles. The van der Waals surface area contributed by atoms with Gasteiger partial charge in [0.1, 0.15) is 5.75 Å². The predicted octanol–water partition coefficient (Wildman–Crippen LogP) is 7.00. The second-order valence-electron chi connectivity index (χ2n) is 13.3. The van der Waals surface area contributed by atoms with Gasteiger partial charge in [-0.3, -0.25) is 14.6 Å². The normalized spacial score (nSPS) is 19.6. The fraction of sp³-hybridized carbons (Fsp3) is 0.514. The number of carboxylic acid groups (broad SMARTS) is 1. The number of piperidine rings is 1. The van der Waals surface area contributed by atoms with Gasteiger partial charge in [0.25, 0.3) is 0 Å². The van der Waals surface area contributed by atoms with Crippen molar-refractivity contribution in [2.45, 2.75) is 76.5 Å². The van der Waals surface area contributed by atoms with Gasteiger partial charge in [-0.2, -0.15) is 0 Å². The van der Waals surface area contributed by atoms with Crippen LogP contribution in [0.1, 0.15) is 91.5 Å². The lowest BCUT2D eigenvalue weighted by Crippen LogP contribution is -2.39. The molecular weight excluding hydrogens is 566 g/mol. The minimum atomic E-state index is -0.760. The summed E-state index contributed by atoms with van der Waals surface area (Å²) >= 11 is 0. The number of ether oxygens (including phenoxy) is 2. The predicted molar refractivity (Wildman–Crippen MR) is 173 cm³/mol. The summed E-state index contributed by atoms with van der Waals surface area (Å²) in [7, 11) is 1.66. The number of hydrogen-bond donors (Lipinski definition) is 1. The van der Waals surface area contributed by atoms with Gasteiger partial charge in [0.2, 0.25) is 5.88 Å². The number of carbonyl (C=O) groups excluding carboxylic acids is 1. The van der Waals surface area contributed by atoms with E-state index in [1.807, 2.05) is 55.5 Å². The molecule has 8 nitrogen and oxygen atoms in total. The van der Waals surface area contributed by atoms with Crippen molar-refractivity contribution < 1.29 is 24.2 Å². The minimum absolute atomic E-state index is 0.0130. The quantitative estimate of drug-likeness (QED) is 0.219. The summed E-state index contributed by atoms with van der Waals surface area (Å²) in [6.45, 7) is 5.96.